The third-order valence-electron chi connectivity index (χ3n) is 5.30. The van der Waals surface area contributed by atoms with Crippen LogP contribution in [0.25, 0.3) is 0 Å². The van der Waals surface area contributed by atoms with E-state index in [2.05, 4.69) is 15.3 Å². The van der Waals surface area contributed by atoms with E-state index in [-0.39, 0.29) is 12.1 Å². The number of ether oxygens (including phenoxy) is 2. The first-order valence-electron chi connectivity index (χ1n) is 9.66. The lowest BCUT2D eigenvalue weighted by Gasteiger charge is -2.38. The van der Waals surface area contributed by atoms with Crippen molar-refractivity contribution in [3.05, 3.63) is 22.3 Å². The third-order valence-corrected chi connectivity index (χ3v) is 7.38. The molecular weight excluding hydrogens is 414 g/mol. The van der Waals surface area contributed by atoms with Gasteiger partial charge < -0.3 is 19.7 Å². The molecule has 2 N–H and O–H groups in total. The Labute approximate surface area is 175 Å². The predicted molar refractivity (Wildman–Crippen MR) is 110 cm³/mol. The molecule has 3 aliphatic heterocycles. The van der Waals surface area contributed by atoms with Crippen molar-refractivity contribution in [3.8, 4) is 0 Å². The second-order valence-corrected chi connectivity index (χ2v) is 9.57. The average Bonchev–Trinajstić information content (AvgIpc) is 3.35. The molecule has 0 amide bonds. The number of carbonyl (C=O) groups excluding carboxylic acids is 1. The number of esters is 1. The molecule has 0 bridgehead atoms. The quantitative estimate of drug-likeness (QED) is 0.533. The van der Waals surface area contributed by atoms with Crippen LogP contribution in [0.15, 0.2) is 15.8 Å². The van der Waals surface area contributed by atoms with Gasteiger partial charge in [0.15, 0.2) is 28.4 Å². The number of carbonyl (C=O) groups is 1. The minimum Gasteiger partial charge on any atom is -0.454 e. The van der Waals surface area contributed by atoms with Crippen LogP contribution in [-0.4, -0.2) is 69.7 Å². The SMILES string of the molecule is O=C(OC1CN(c2nc3c(c(NC4CCOCC4)n2)[S+](O)CC3)C1)c1cscn1. The second-order valence-electron chi connectivity index (χ2n) is 7.30. The number of aromatic nitrogens is 3. The van der Waals surface area contributed by atoms with Gasteiger partial charge in [0, 0.05) is 31.1 Å². The molecule has 1 unspecified atom stereocenters. The number of anilines is 2. The normalized spacial score (nSPS) is 22.2. The number of nitrogens with zero attached hydrogens (tertiary/aromatic N) is 4. The summed E-state index contributed by atoms with van der Waals surface area (Å²) in [6.45, 7) is 2.58. The van der Waals surface area contributed by atoms with Gasteiger partial charge in [-0.1, -0.05) is 0 Å². The topological polar surface area (TPSA) is 110 Å². The van der Waals surface area contributed by atoms with Crippen molar-refractivity contribution in [1.29, 1.82) is 0 Å². The summed E-state index contributed by atoms with van der Waals surface area (Å²) in [5, 5.41) is 5.20. The monoisotopic (exact) mass is 436 g/mol. The van der Waals surface area contributed by atoms with E-state index in [0.717, 1.165) is 48.9 Å². The molecule has 9 nitrogen and oxygen atoms in total. The van der Waals surface area contributed by atoms with Crippen LogP contribution in [0.3, 0.4) is 0 Å². The minimum atomic E-state index is -0.814. The highest BCUT2D eigenvalue weighted by molar-refractivity contribution is 7.92. The van der Waals surface area contributed by atoms with Crippen molar-refractivity contribution in [1.82, 2.24) is 15.0 Å². The van der Waals surface area contributed by atoms with Crippen molar-refractivity contribution >= 4 is 40.2 Å². The Morgan fingerprint density at radius 2 is 2.17 bits per heavy atom. The Hall–Kier alpha value is -1.95. The fourth-order valence-corrected chi connectivity index (χ4v) is 5.53. The summed E-state index contributed by atoms with van der Waals surface area (Å²) in [5.41, 5.74) is 2.88. The zero-order chi connectivity index (χ0) is 19.8. The van der Waals surface area contributed by atoms with Gasteiger partial charge >= 0.3 is 5.97 Å². The van der Waals surface area contributed by atoms with Gasteiger partial charge in [-0.2, -0.15) is 9.54 Å². The zero-order valence-electron chi connectivity index (χ0n) is 15.7. The van der Waals surface area contributed by atoms with Crippen LogP contribution >= 0.6 is 11.3 Å². The Morgan fingerprint density at radius 1 is 1.34 bits per heavy atom. The van der Waals surface area contributed by atoms with E-state index in [1.165, 1.54) is 11.3 Å². The van der Waals surface area contributed by atoms with E-state index in [4.69, 9.17) is 14.5 Å². The highest BCUT2D eigenvalue weighted by Gasteiger charge is 2.40. The number of rotatable bonds is 5. The third kappa shape index (κ3) is 3.91. The maximum Gasteiger partial charge on any atom is 0.358 e. The number of hydrogen-bond acceptors (Lipinski definition) is 10. The van der Waals surface area contributed by atoms with Crippen LogP contribution in [0.1, 0.15) is 29.0 Å². The molecule has 29 heavy (non-hydrogen) atoms. The molecule has 5 rings (SSSR count). The smallest absolute Gasteiger partial charge is 0.358 e. The Bertz CT molecular complexity index is 885. The fraction of sp³-hybridized carbons (Fsp3) is 0.556. The Balaban J connectivity index is 1.28. The molecule has 0 aliphatic carbocycles. The van der Waals surface area contributed by atoms with Crippen LogP contribution in [0.4, 0.5) is 11.8 Å². The molecular formula is C18H22N5O4S2+. The first-order valence-corrected chi connectivity index (χ1v) is 12.0. The van der Waals surface area contributed by atoms with Crippen LogP contribution in [-0.2, 0) is 27.1 Å². The lowest BCUT2D eigenvalue weighted by molar-refractivity contribution is 0.0225. The van der Waals surface area contributed by atoms with E-state index in [9.17, 15) is 9.35 Å². The molecule has 0 saturated carbocycles. The summed E-state index contributed by atoms with van der Waals surface area (Å²) in [5.74, 6) is 1.67. The Kier molecular flexibility index (Phi) is 5.29. The summed E-state index contributed by atoms with van der Waals surface area (Å²) in [4.78, 5) is 28.3. The summed E-state index contributed by atoms with van der Waals surface area (Å²) < 4.78 is 21.4. The number of thiazole rings is 1. The molecule has 11 heteroatoms. The Morgan fingerprint density at radius 3 is 2.93 bits per heavy atom. The van der Waals surface area contributed by atoms with E-state index >= 15 is 0 Å². The molecule has 2 saturated heterocycles. The predicted octanol–water partition coefficient (Wildman–Crippen LogP) is 1.58. The summed E-state index contributed by atoms with van der Waals surface area (Å²) >= 11 is 0.555. The second kappa shape index (κ2) is 8.05. The zero-order valence-corrected chi connectivity index (χ0v) is 17.4. The molecule has 2 aromatic heterocycles. The average molecular weight is 437 g/mol. The van der Waals surface area contributed by atoms with Gasteiger partial charge in [0.25, 0.3) is 4.90 Å². The first kappa shape index (κ1) is 19.0. The molecule has 0 aromatic carbocycles. The van der Waals surface area contributed by atoms with Gasteiger partial charge in [0.1, 0.15) is 11.8 Å². The largest absolute Gasteiger partial charge is 0.454 e. The van der Waals surface area contributed by atoms with Crippen molar-refractivity contribution in [2.45, 2.75) is 36.3 Å². The van der Waals surface area contributed by atoms with Crippen molar-refractivity contribution in [2.75, 3.05) is 42.3 Å². The maximum absolute atomic E-state index is 12.0. The highest BCUT2D eigenvalue weighted by atomic mass is 32.2. The van der Waals surface area contributed by atoms with Gasteiger partial charge in [0.2, 0.25) is 5.95 Å². The molecule has 154 valence electrons. The van der Waals surface area contributed by atoms with E-state index in [1.807, 2.05) is 4.90 Å². The minimum absolute atomic E-state index is 0.194. The van der Waals surface area contributed by atoms with Gasteiger partial charge in [-0.25, -0.2) is 14.8 Å². The maximum atomic E-state index is 12.0. The van der Waals surface area contributed by atoms with E-state index < -0.39 is 17.1 Å². The standard InChI is InChI=1S/C18H22N5O4S2/c24-17(14-9-28-10-19-14)27-12-7-23(8-12)18-21-13-3-6-29(25)15(13)16(22-18)20-11-1-4-26-5-2-11/h9-12,25H,1-8H2,(H,20,21,22)/q+1. The van der Waals surface area contributed by atoms with Crippen LogP contribution in [0.5, 0.6) is 0 Å². The number of aryl methyl sites for hydroxylation is 1. The highest BCUT2D eigenvalue weighted by Crippen LogP contribution is 2.34. The lowest BCUT2D eigenvalue weighted by Crippen LogP contribution is -2.53. The van der Waals surface area contributed by atoms with Gasteiger partial charge in [-0.05, 0) is 12.8 Å². The van der Waals surface area contributed by atoms with Gasteiger partial charge in [0.05, 0.1) is 18.6 Å². The number of nitrogens with one attached hydrogen (secondary N) is 1. The number of hydrogen-bond donors (Lipinski definition) is 2. The van der Waals surface area contributed by atoms with Gasteiger partial charge in [-0.15, -0.1) is 11.3 Å². The molecule has 0 radical (unpaired) electrons. The van der Waals surface area contributed by atoms with Crippen LogP contribution in [0, 0.1) is 0 Å². The van der Waals surface area contributed by atoms with Gasteiger partial charge in [-0.3, -0.25) is 0 Å². The molecule has 2 aromatic rings. The van der Waals surface area contributed by atoms with Crippen LogP contribution in [0.2, 0.25) is 0 Å². The molecule has 3 aliphatic rings. The first-order chi connectivity index (χ1) is 14.2. The molecule has 2 fully saturated rings. The molecule has 1 atom stereocenters. The summed E-state index contributed by atoms with van der Waals surface area (Å²) in [7, 11) is 0. The lowest BCUT2D eigenvalue weighted by atomic mass is 10.1. The van der Waals surface area contributed by atoms with Crippen molar-refractivity contribution < 1.29 is 18.8 Å². The number of fused-ring (bicyclic) bond motifs is 1. The van der Waals surface area contributed by atoms with Crippen molar-refractivity contribution in [2.24, 2.45) is 0 Å². The van der Waals surface area contributed by atoms with E-state index in [1.54, 1.807) is 10.9 Å². The molecule has 5 heterocycles. The fourth-order valence-electron chi connectivity index (χ4n) is 3.67. The molecule has 0 spiro atoms. The summed E-state index contributed by atoms with van der Waals surface area (Å²) in [6.07, 6.45) is 2.40. The van der Waals surface area contributed by atoms with Crippen LogP contribution < -0.4 is 10.2 Å². The summed E-state index contributed by atoms with van der Waals surface area (Å²) in [6, 6.07) is 0.288. The van der Waals surface area contributed by atoms with Crippen molar-refractivity contribution in [3.63, 3.8) is 0 Å². The van der Waals surface area contributed by atoms with E-state index in [0.29, 0.717) is 30.5 Å².